The molecule has 2 aromatic carbocycles. The second-order valence-corrected chi connectivity index (χ2v) is 6.16. The molecule has 2 rings (SSSR count). The van der Waals surface area contributed by atoms with Crippen LogP contribution in [0.4, 0.5) is 5.69 Å². The monoisotopic (exact) mass is 327 g/mol. The normalized spacial score (nSPS) is 11.0. The van der Waals surface area contributed by atoms with E-state index >= 15 is 0 Å². The number of carboxylic acids is 1. The lowest BCUT2D eigenvalue weighted by molar-refractivity contribution is -0.152. The van der Waals surface area contributed by atoms with Gasteiger partial charge in [0.1, 0.15) is 5.75 Å². The van der Waals surface area contributed by atoms with Gasteiger partial charge in [-0.05, 0) is 56.2 Å². The topological polar surface area (TPSA) is 75.6 Å². The lowest BCUT2D eigenvalue weighted by Crippen LogP contribution is -2.37. The number of hydrogen-bond donors (Lipinski definition) is 2. The van der Waals surface area contributed by atoms with E-state index in [1.54, 1.807) is 24.3 Å². The van der Waals surface area contributed by atoms with Crippen LogP contribution in [0.3, 0.4) is 0 Å². The Morgan fingerprint density at radius 1 is 1.12 bits per heavy atom. The van der Waals surface area contributed by atoms with Crippen molar-refractivity contribution in [2.24, 2.45) is 0 Å². The minimum absolute atomic E-state index is 0.111. The molecule has 0 radical (unpaired) electrons. The zero-order chi connectivity index (χ0) is 17.7. The average molecular weight is 327 g/mol. The van der Waals surface area contributed by atoms with Gasteiger partial charge in [-0.3, -0.25) is 4.79 Å². The molecule has 0 unspecified atom stereocenters. The number of benzene rings is 2. The summed E-state index contributed by atoms with van der Waals surface area (Å²) in [7, 11) is 0. The summed E-state index contributed by atoms with van der Waals surface area (Å²) in [6.45, 7) is 4.93. The first kappa shape index (κ1) is 17.5. The predicted molar refractivity (Wildman–Crippen MR) is 92.3 cm³/mol. The van der Waals surface area contributed by atoms with Gasteiger partial charge < -0.3 is 15.2 Å². The number of ether oxygens (including phenoxy) is 1. The minimum atomic E-state index is -1.30. The molecule has 0 aliphatic heterocycles. The Balaban J connectivity index is 1.96. The zero-order valence-corrected chi connectivity index (χ0v) is 14.0. The van der Waals surface area contributed by atoms with Crippen LogP contribution in [0.15, 0.2) is 48.5 Å². The molecular formula is C19H21NO4. The minimum Gasteiger partial charge on any atom is -0.478 e. The maximum Gasteiger partial charge on any atom is 0.347 e. The molecule has 0 aliphatic carbocycles. The van der Waals surface area contributed by atoms with Crippen molar-refractivity contribution in [3.63, 3.8) is 0 Å². The SMILES string of the molecule is Cc1cccc(NC(=O)Cc2ccc(OC(C)(C)C(=O)O)cc2)c1. The third-order valence-corrected chi connectivity index (χ3v) is 3.48. The van der Waals surface area contributed by atoms with E-state index in [-0.39, 0.29) is 12.3 Å². The maximum atomic E-state index is 12.1. The molecule has 5 heteroatoms. The summed E-state index contributed by atoms with van der Waals surface area (Å²) >= 11 is 0. The number of rotatable bonds is 6. The van der Waals surface area contributed by atoms with Crippen LogP contribution < -0.4 is 10.1 Å². The van der Waals surface area contributed by atoms with E-state index in [9.17, 15) is 9.59 Å². The molecule has 2 aromatic rings. The van der Waals surface area contributed by atoms with E-state index in [1.807, 2.05) is 31.2 Å². The molecule has 0 heterocycles. The number of carbonyl (C=O) groups excluding carboxylic acids is 1. The molecule has 0 aliphatic rings. The number of aliphatic carboxylic acids is 1. The van der Waals surface area contributed by atoms with Crippen molar-refractivity contribution in [3.8, 4) is 5.75 Å². The van der Waals surface area contributed by atoms with Gasteiger partial charge in [-0.15, -0.1) is 0 Å². The van der Waals surface area contributed by atoms with Gasteiger partial charge in [0.2, 0.25) is 5.91 Å². The summed E-state index contributed by atoms with van der Waals surface area (Å²) in [4.78, 5) is 23.1. The Morgan fingerprint density at radius 3 is 2.38 bits per heavy atom. The predicted octanol–water partition coefficient (Wildman–Crippen LogP) is 3.42. The van der Waals surface area contributed by atoms with Crippen LogP contribution in [0, 0.1) is 6.92 Å². The van der Waals surface area contributed by atoms with Crippen LogP contribution in [0.5, 0.6) is 5.75 Å². The third kappa shape index (κ3) is 4.84. The van der Waals surface area contributed by atoms with E-state index in [2.05, 4.69) is 5.32 Å². The van der Waals surface area contributed by atoms with Gasteiger partial charge in [0, 0.05) is 5.69 Å². The Morgan fingerprint density at radius 2 is 1.79 bits per heavy atom. The first-order valence-corrected chi connectivity index (χ1v) is 7.64. The van der Waals surface area contributed by atoms with Crippen molar-refractivity contribution in [1.82, 2.24) is 0 Å². The van der Waals surface area contributed by atoms with Crippen LogP contribution in [0.25, 0.3) is 0 Å². The molecule has 24 heavy (non-hydrogen) atoms. The summed E-state index contributed by atoms with van der Waals surface area (Å²) in [5.41, 5.74) is 1.36. The van der Waals surface area contributed by atoms with Crippen molar-refractivity contribution >= 4 is 17.6 Å². The Labute approximate surface area is 141 Å². The molecular weight excluding hydrogens is 306 g/mol. The molecule has 0 bridgehead atoms. The summed E-state index contributed by atoms with van der Waals surface area (Å²) in [6.07, 6.45) is 0.233. The fourth-order valence-corrected chi connectivity index (χ4v) is 2.13. The highest BCUT2D eigenvalue weighted by Gasteiger charge is 2.29. The van der Waals surface area contributed by atoms with Crippen LogP contribution in [-0.4, -0.2) is 22.6 Å². The van der Waals surface area contributed by atoms with E-state index < -0.39 is 11.6 Å². The van der Waals surface area contributed by atoms with E-state index in [0.29, 0.717) is 5.75 Å². The molecule has 0 saturated carbocycles. The fourth-order valence-electron chi connectivity index (χ4n) is 2.13. The second kappa shape index (κ2) is 7.17. The smallest absolute Gasteiger partial charge is 0.347 e. The number of anilines is 1. The second-order valence-electron chi connectivity index (χ2n) is 6.16. The first-order valence-electron chi connectivity index (χ1n) is 7.64. The molecule has 2 N–H and O–H groups in total. The van der Waals surface area contributed by atoms with Crippen LogP contribution >= 0.6 is 0 Å². The van der Waals surface area contributed by atoms with Crippen molar-refractivity contribution in [1.29, 1.82) is 0 Å². The maximum absolute atomic E-state index is 12.1. The standard InChI is InChI=1S/C19H21NO4/c1-13-5-4-6-15(11-13)20-17(21)12-14-7-9-16(10-8-14)24-19(2,3)18(22)23/h4-11H,12H2,1-3H3,(H,20,21)(H,22,23). The number of carboxylic acid groups (broad SMARTS) is 1. The number of hydrogen-bond acceptors (Lipinski definition) is 3. The summed E-state index contributed by atoms with van der Waals surface area (Å²) in [5, 5.41) is 11.9. The summed E-state index contributed by atoms with van der Waals surface area (Å²) < 4.78 is 5.43. The molecule has 0 spiro atoms. The first-order chi connectivity index (χ1) is 11.3. The highest BCUT2D eigenvalue weighted by atomic mass is 16.5. The van der Waals surface area contributed by atoms with Gasteiger partial charge >= 0.3 is 5.97 Å². The van der Waals surface area contributed by atoms with E-state index in [4.69, 9.17) is 9.84 Å². The van der Waals surface area contributed by atoms with Crippen molar-refractivity contribution in [2.45, 2.75) is 32.8 Å². The summed E-state index contributed by atoms with van der Waals surface area (Å²) in [6, 6.07) is 14.4. The van der Waals surface area contributed by atoms with Crippen molar-refractivity contribution in [2.75, 3.05) is 5.32 Å². The highest BCUT2D eigenvalue weighted by Crippen LogP contribution is 2.20. The lowest BCUT2D eigenvalue weighted by atomic mass is 10.1. The van der Waals surface area contributed by atoms with Crippen LogP contribution in [0.2, 0.25) is 0 Å². The Hall–Kier alpha value is -2.82. The largest absolute Gasteiger partial charge is 0.478 e. The molecule has 126 valence electrons. The van der Waals surface area contributed by atoms with Gasteiger partial charge in [0.15, 0.2) is 5.60 Å². The molecule has 5 nitrogen and oxygen atoms in total. The molecule has 0 atom stereocenters. The number of amides is 1. The van der Waals surface area contributed by atoms with Crippen molar-refractivity contribution < 1.29 is 19.4 Å². The lowest BCUT2D eigenvalue weighted by Gasteiger charge is -2.21. The fraction of sp³-hybridized carbons (Fsp3) is 0.263. The van der Waals surface area contributed by atoms with E-state index in [1.165, 1.54) is 13.8 Å². The van der Waals surface area contributed by atoms with Gasteiger partial charge in [-0.1, -0.05) is 24.3 Å². The number of nitrogens with one attached hydrogen (secondary N) is 1. The average Bonchev–Trinajstić information content (AvgIpc) is 2.48. The van der Waals surface area contributed by atoms with Gasteiger partial charge in [0.25, 0.3) is 0 Å². The van der Waals surface area contributed by atoms with E-state index in [0.717, 1.165) is 16.8 Å². The Kier molecular flexibility index (Phi) is 5.24. The van der Waals surface area contributed by atoms with Crippen LogP contribution in [-0.2, 0) is 16.0 Å². The van der Waals surface area contributed by atoms with Gasteiger partial charge in [0.05, 0.1) is 6.42 Å². The molecule has 0 aromatic heterocycles. The zero-order valence-electron chi connectivity index (χ0n) is 14.0. The quantitative estimate of drug-likeness (QED) is 0.852. The molecule has 0 saturated heterocycles. The highest BCUT2D eigenvalue weighted by molar-refractivity contribution is 5.92. The Bertz CT molecular complexity index is 735. The third-order valence-electron chi connectivity index (χ3n) is 3.48. The van der Waals surface area contributed by atoms with Gasteiger partial charge in [-0.25, -0.2) is 4.79 Å². The molecule has 1 amide bonds. The summed E-state index contributed by atoms with van der Waals surface area (Å²) in [5.74, 6) is -0.700. The van der Waals surface area contributed by atoms with Crippen molar-refractivity contribution in [3.05, 3.63) is 59.7 Å². The molecule has 0 fully saturated rings. The van der Waals surface area contributed by atoms with Gasteiger partial charge in [-0.2, -0.15) is 0 Å². The van der Waals surface area contributed by atoms with Crippen LogP contribution in [0.1, 0.15) is 25.0 Å². The number of carbonyl (C=O) groups is 2. The number of aryl methyl sites for hydroxylation is 1.